The van der Waals surface area contributed by atoms with E-state index >= 15 is 0 Å². The molecule has 0 spiro atoms. The van der Waals surface area contributed by atoms with Gasteiger partial charge < -0.3 is 14.6 Å². The van der Waals surface area contributed by atoms with Gasteiger partial charge in [-0.2, -0.15) is 0 Å². The second kappa shape index (κ2) is 5.08. The highest BCUT2D eigenvalue weighted by molar-refractivity contribution is 5.47. The highest BCUT2D eigenvalue weighted by Crippen LogP contribution is 2.47. The number of fused-ring (bicyclic) bond motifs is 1. The Bertz CT molecular complexity index is 644. The zero-order valence-corrected chi connectivity index (χ0v) is 12.6. The van der Waals surface area contributed by atoms with Crippen LogP contribution in [-0.4, -0.2) is 19.3 Å². The molecule has 0 radical (unpaired) electrons. The average molecular weight is 284 g/mol. The van der Waals surface area contributed by atoms with Crippen molar-refractivity contribution in [2.45, 2.75) is 24.9 Å². The van der Waals surface area contributed by atoms with Crippen molar-refractivity contribution in [3.8, 4) is 11.5 Å². The van der Waals surface area contributed by atoms with Crippen LogP contribution >= 0.6 is 0 Å². The molecule has 21 heavy (non-hydrogen) atoms. The molecule has 0 aromatic heterocycles. The van der Waals surface area contributed by atoms with Gasteiger partial charge in [-0.05, 0) is 54.3 Å². The average Bonchev–Trinajstić information content (AvgIpc) is 2.78. The highest BCUT2D eigenvalue weighted by Gasteiger charge is 2.42. The van der Waals surface area contributed by atoms with Crippen LogP contribution in [0.15, 0.2) is 42.5 Å². The fourth-order valence-electron chi connectivity index (χ4n) is 3.24. The van der Waals surface area contributed by atoms with Crippen LogP contribution in [0.5, 0.6) is 11.5 Å². The monoisotopic (exact) mass is 284 g/mol. The summed E-state index contributed by atoms with van der Waals surface area (Å²) in [5.74, 6) is 1.71. The Labute approximate surface area is 125 Å². The van der Waals surface area contributed by atoms with Crippen molar-refractivity contribution in [3.63, 3.8) is 0 Å². The van der Waals surface area contributed by atoms with E-state index in [0.29, 0.717) is 0 Å². The molecule has 0 heterocycles. The number of methoxy groups -OCH3 is 2. The first-order valence-electron chi connectivity index (χ1n) is 7.10. The van der Waals surface area contributed by atoms with E-state index < -0.39 is 5.60 Å². The molecule has 3 nitrogen and oxygen atoms in total. The van der Waals surface area contributed by atoms with Gasteiger partial charge in [0.05, 0.1) is 19.8 Å². The van der Waals surface area contributed by atoms with E-state index in [2.05, 4.69) is 0 Å². The third kappa shape index (κ3) is 2.28. The Kier molecular flexibility index (Phi) is 3.38. The SMILES string of the molecule is COc1ccc(C2Cc3cc(OC)ccc3C2(C)O)cc1. The molecule has 0 fully saturated rings. The minimum atomic E-state index is -0.865. The van der Waals surface area contributed by atoms with Crippen molar-refractivity contribution in [2.24, 2.45) is 0 Å². The van der Waals surface area contributed by atoms with Crippen molar-refractivity contribution in [1.82, 2.24) is 0 Å². The van der Waals surface area contributed by atoms with Gasteiger partial charge in [0.2, 0.25) is 0 Å². The van der Waals surface area contributed by atoms with E-state index in [4.69, 9.17) is 9.47 Å². The minimum absolute atomic E-state index is 0.0468. The van der Waals surface area contributed by atoms with Gasteiger partial charge in [-0.1, -0.05) is 18.2 Å². The number of aliphatic hydroxyl groups is 1. The van der Waals surface area contributed by atoms with Crippen LogP contribution in [0.3, 0.4) is 0 Å². The number of hydrogen-bond donors (Lipinski definition) is 1. The molecule has 110 valence electrons. The Morgan fingerprint density at radius 2 is 1.62 bits per heavy atom. The molecule has 2 atom stereocenters. The van der Waals surface area contributed by atoms with Crippen molar-refractivity contribution in [3.05, 3.63) is 59.2 Å². The molecule has 1 aliphatic carbocycles. The molecule has 1 N–H and O–H groups in total. The van der Waals surface area contributed by atoms with Crippen LogP contribution in [0.2, 0.25) is 0 Å². The molecule has 1 aliphatic rings. The summed E-state index contributed by atoms with van der Waals surface area (Å²) in [6.45, 7) is 1.89. The number of hydrogen-bond acceptors (Lipinski definition) is 3. The molecule has 3 heteroatoms. The molecule has 3 rings (SSSR count). The third-order valence-corrected chi connectivity index (χ3v) is 4.48. The van der Waals surface area contributed by atoms with Crippen molar-refractivity contribution < 1.29 is 14.6 Å². The fourth-order valence-corrected chi connectivity index (χ4v) is 3.24. The maximum atomic E-state index is 11.0. The van der Waals surface area contributed by atoms with E-state index in [1.165, 1.54) is 0 Å². The number of rotatable bonds is 3. The van der Waals surface area contributed by atoms with Crippen molar-refractivity contribution >= 4 is 0 Å². The molecule has 0 bridgehead atoms. The fraction of sp³-hybridized carbons (Fsp3) is 0.333. The lowest BCUT2D eigenvalue weighted by Crippen LogP contribution is -2.25. The zero-order chi connectivity index (χ0) is 15.0. The van der Waals surface area contributed by atoms with Gasteiger partial charge in [0.1, 0.15) is 11.5 Å². The third-order valence-electron chi connectivity index (χ3n) is 4.48. The Hall–Kier alpha value is -2.00. The summed E-state index contributed by atoms with van der Waals surface area (Å²) < 4.78 is 10.5. The van der Waals surface area contributed by atoms with E-state index in [1.807, 2.05) is 49.4 Å². The van der Waals surface area contributed by atoms with E-state index in [0.717, 1.165) is 34.6 Å². The summed E-state index contributed by atoms with van der Waals surface area (Å²) in [5.41, 5.74) is 2.40. The Morgan fingerprint density at radius 3 is 2.24 bits per heavy atom. The molecule has 2 unspecified atom stereocenters. The lowest BCUT2D eigenvalue weighted by atomic mass is 9.84. The summed E-state index contributed by atoms with van der Waals surface area (Å²) >= 11 is 0. The first-order valence-corrected chi connectivity index (χ1v) is 7.10. The molecule has 2 aromatic carbocycles. The molecular formula is C18H20O3. The standard InChI is InChI=1S/C18H20O3/c1-18(19)16-9-8-15(21-3)10-13(16)11-17(18)12-4-6-14(20-2)7-5-12/h4-10,17,19H,11H2,1-3H3. The zero-order valence-electron chi connectivity index (χ0n) is 12.6. The Balaban J connectivity index is 1.98. The summed E-state index contributed by atoms with van der Waals surface area (Å²) in [6.07, 6.45) is 0.811. The second-order valence-electron chi connectivity index (χ2n) is 5.70. The summed E-state index contributed by atoms with van der Waals surface area (Å²) in [6, 6.07) is 13.8. The second-order valence-corrected chi connectivity index (χ2v) is 5.70. The lowest BCUT2D eigenvalue weighted by Gasteiger charge is -2.27. The van der Waals surface area contributed by atoms with Gasteiger partial charge in [-0.25, -0.2) is 0 Å². The van der Waals surface area contributed by atoms with Crippen LogP contribution in [0.1, 0.15) is 29.5 Å². The topological polar surface area (TPSA) is 38.7 Å². The van der Waals surface area contributed by atoms with Crippen LogP contribution in [0.4, 0.5) is 0 Å². The first-order chi connectivity index (χ1) is 10.1. The smallest absolute Gasteiger partial charge is 0.119 e. The lowest BCUT2D eigenvalue weighted by molar-refractivity contribution is 0.0387. The maximum Gasteiger partial charge on any atom is 0.119 e. The highest BCUT2D eigenvalue weighted by atomic mass is 16.5. The van der Waals surface area contributed by atoms with Gasteiger partial charge in [-0.3, -0.25) is 0 Å². The van der Waals surface area contributed by atoms with Gasteiger partial charge in [-0.15, -0.1) is 0 Å². The van der Waals surface area contributed by atoms with E-state index in [-0.39, 0.29) is 5.92 Å². The number of benzene rings is 2. The molecular weight excluding hydrogens is 264 g/mol. The van der Waals surface area contributed by atoms with Gasteiger partial charge in [0, 0.05) is 5.92 Å². The maximum absolute atomic E-state index is 11.0. The van der Waals surface area contributed by atoms with Crippen molar-refractivity contribution in [1.29, 1.82) is 0 Å². The van der Waals surface area contributed by atoms with Crippen LogP contribution in [0, 0.1) is 0 Å². The van der Waals surface area contributed by atoms with Gasteiger partial charge >= 0.3 is 0 Å². The minimum Gasteiger partial charge on any atom is -0.497 e. The number of ether oxygens (including phenoxy) is 2. The molecule has 0 amide bonds. The Morgan fingerprint density at radius 1 is 1.00 bits per heavy atom. The molecule has 2 aromatic rings. The molecule has 0 saturated carbocycles. The van der Waals surface area contributed by atoms with Gasteiger partial charge in [0.25, 0.3) is 0 Å². The largest absolute Gasteiger partial charge is 0.497 e. The van der Waals surface area contributed by atoms with Crippen LogP contribution < -0.4 is 9.47 Å². The van der Waals surface area contributed by atoms with E-state index in [1.54, 1.807) is 14.2 Å². The first kappa shape index (κ1) is 14.0. The van der Waals surface area contributed by atoms with Crippen LogP contribution in [0.25, 0.3) is 0 Å². The molecule has 0 saturated heterocycles. The quantitative estimate of drug-likeness (QED) is 0.940. The van der Waals surface area contributed by atoms with Crippen molar-refractivity contribution in [2.75, 3.05) is 14.2 Å². The predicted molar refractivity (Wildman–Crippen MR) is 82.0 cm³/mol. The molecule has 0 aliphatic heterocycles. The summed E-state index contributed by atoms with van der Waals surface area (Å²) in [4.78, 5) is 0. The summed E-state index contributed by atoms with van der Waals surface area (Å²) in [7, 11) is 3.32. The summed E-state index contributed by atoms with van der Waals surface area (Å²) in [5, 5.41) is 11.0. The normalized spacial score (nSPS) is 23.7. The van der Waals surface area contributed by atoms with Crippen LogP contribution in [-0.2, 0) is 12.0 Å². The van der Waals surface area contributed by atoms with Gasteiger partial charge in [0.15, 0.2) is 0 Å². The van der Waals surface area contributed by atoms with E-state index in [9.17, 15) is 5.11 Å². The predicted octanol–water partition coefficient (Wildman–Crippen LogP) is 3.25.